The molecule has 0 unspecified atom stereocenters. The minimum absolute atomic E-state index is 0.442. The van der Waals surface area contributed by atoms with E-state index in [1.807, 2.05) is 11.8 Å². The predicted molar refractivity (Wildman–Crippen MR) is 66.7 cm³/mol. The lowest BCUT2D eigenvalue weighted by molar-refractivity contribution is 1.10. The fourth-order valence-corrected chi connectivity index (χ4v) is 2.93. The second-order valence-corrected chi connectivity index (χ2v) is 4.92. The van der Waals surface area contributed by atoms with Crippen molar-refractivity contribution < 1.29 is 0 Å². The molecule has 14 heavy (non-hydrogen) atoms. The Morgan fingerprint density at radius 1 is 1.57 bits per heavy atom. The summed E-state index contributed by atoms with van der Waals surface area (Å²) in [6.07, 6.45) is 1.24. The van der Waals surface area contributed by atoms with Gasteiger partial charge in [0.05, 0.1) is 6.54 Å². The highest BCUT2D eigenvalue weighted by molar-refractivity contribution is 7.98. The van der Waals surface area contributed by atoms with Crippen LogP contribution in [0.2, 0.25) is 0 Å². The van der Waals surface area contributed by atoms with Gasteiger partial charge in [-0.2, -0.15) is 11.8 Å². The van der Waals surface area contributed by atoms with E-state index in [-0.39, 0.29) is 0 Å². The predicted octanol–water partition coefficient (Wildman–Crippen LogP) is 2.70. The molecule has 0 spiro atoms. The number of hydrogen-bond acceptors (Lipinski definition) is 3. The Morgan fingerprint density at radius 3 is 3.14 bits per heavy atom. The zero-order valence-corrected chi connectivity index (χ0v) is 10.0. The molecule has 0 aliphatic carbocycles. The molecule has 3 heteroatoms. The van der Waals surface area contributed by atoms with Crippen molar-refractivity contribution in [3.8, 4) is 11.8 Å². The molecular weight excluding hydrogens is 210 g/mol. The third-order valence-electron chi connectivity index (χ3n) is 1.65. The molecule has 0 aliphatic heterocycles. The molecule has 1 aromatic rings. The second-order valence-electron chi connectivity index (χ2n) is 2.82. The van der Waals surface area contributed by atoms with E-state index in [1.165, 1.54) is 17.1 Å². The molecule has 0 fully saturated rings. The molecule has 1 heterocycles. The molecule has 0 amide bonds. The molecular formula is C11H15NS2. The van der Waals surface area contributed by atoms with Crippen LogP contribution >= 0.6 is 23.1 Å². The van der Waals surface area contributed by atoms with Crippen molar-refractivity contribution in [1.29, 1.82) is 0 Å². The number of nitrogens with two attached hydrogens (primary N) is 1. The van der Waals surface area contributed by atoms with Crippen LogP contribution in [0.25, 0.3) is 0 Å². The Hall–Kier alpha value is -0.430. The lowest BCUT2D eigenvalue weighted by atomic mass is 10.3. The third kappa shape index (κ3) is 3.75. The van der Waals surface area contributed by atoms with Crippen LogP contribution in [-0.4, -0.2) is 12.3 Å². The summed E-state index contributed by atoms with van der Waals surface area (Å²) in [7, 11) is 0. The molecule has 76 valence electrons. The van der Waals surface area contributed by atoms with Gasteiger partial charge in [0.15, 0.2) is 0 Å². The number of hydrogen-bond donors (Lipinski definition) is 1. The molecule has 1 nitrogen and oxygen atoms in total. The molecule has 0 atom stereocenters. The summed E-state index contributed by atoms with van der Waals surface area (Å²) in [5.74, 6) is 8.31. The van der Waals surface area contributed by atoms with E-state index in [2.05, 4.69) is 30.2 Å². The van der Waals surface area contributed by atoms with Crippen LogP contribution in [0.4, 0.5) is 0 Å². The average Bonchev–Trinajstić information content (AvgIpc) is 2.63. The van der Waals surface area contributed by atoms with Crippen LogP contribution in [0, 0.1) is 11.8 Å². The first-order chi connectivity index (χ1) is 6.88. The maximum atomic E-state index is 5.34. The second kappa shape index (κ2) is 6.94. The summed E-state index contributed by atoms with van der Waals surface area (Å²) >= 11 is 3.76. The topological polar surface area (TPSA) is 26.0 Å². The van der Waals surface area contributed by atoms with E-state index in [1.54, 1.807) is 11.3 Å². The van der Waals surface area contributed by atoms with Gasteiger partial charge in [0.2, 0.25) is 0 Å². The van der Waals surface area contributed by atoms with Crippen LogP contribution in [0.3, 0.4) is 0 Å². The van der Waals surface area contributed by atoms with Crippen molar-refractivity contribution in [3.05, 3.63) is 21.9 Å². The fourth-order valence-electron chi connectivity index (χ4n) is 1.02. The molecule has 0 aromatic carbocycles. The molecule has 2 N–H and O–H groups in total. The van der Waals surface area contributed by atoms with Crippen LogP contribution in [0.15, 0.2) is 11.4 Å². The molecule has 1 aromatic heterocycles. The van der Waals surface area contributed by atoms with Gasteiger partial charge < -0.3 is 5.73 Å². The zero-order chi connectivity index (χ0) is 10.2. The van der Waals surface area contributed by atoms with Gasteiger partial charge in [0.25, 0.3) is 0 Å². The molecule has 0 saturated carbocycles. The fraction of sp³-hybridized carbons (Fsp3) is 0.455. The Morgan fingerprint density at radius 2 is 2.43 bits per heavy atom. The molecule has 0 aliphatic rings. The summed E-state index contributed by atoms with van der Waals surface area (Å²) in [6.45, 7) is 2.65. The quantitative estimate of drug-likeness (QED) is 0.630. The van der Waals surface area contributed by atoms with Crippen molar-refractivity contribution in [3.63, 3.8) is 0 Å². The Balaban J connectivity index is 2.54. The van der Waals surface area contributed by atoms with Gasteiger partial charge in [-0.3, -0.25) is 0 Å². The molecule has 0 radical (unpaired) electrons. The van der Waals surface area contributed by atoms with Crippen molar-refractivity contribution in [2.75, 3.05) is 12.3 Å². The average molecular weight is 225 g/mol. The van der Waals surface area contributed by atoms with E-state index < -0.39 is 0 Å². The normalized spacial score (nSPS) is 9.57. The van der Waals surface area contributed by atoms with Gasteiger partial charge >= 0.3 is 0 Å². The van der Waals surface area contributed by atoms with Gasteiger partial charge in [-0.1, -0.05) is 18.8 Å². The first kappa shape index (κ1) is 11.6. The lowest BCUT2D eigenvalue weighted by Gasteiger charge is -1.97. The van der Waals surface area contributed by atoms with Crippen molar-refractivity contribution >= 4 is 23.1 Å². The highest BCUT2D eigenvalue weighted by atomic mass is 32.2. The Bertz CT molecular complexity index is 320. The van der Waals surface area contributed by atoms with E-state index in [0.717, 1.165) is 11.3 Å². The highest BCUT2D eigenvalue weighted by Gasteiger charge is 2.00. The summed E-state index contributed by atoms with van der Waals surface area (Å²) in [5.41, 5.74) is 6.50. The van der Waals surface area contributed by atoms with E-state index in [9.17, 15) is 0 Å². The summed E-state index contributed by atoms with van der Waals surface area (Å²) in [4.78, 5) is 1.38. The number of thiophene rings is 1. The number of thioether (sulfide) groups is 1. The minimum atomic E-state index is 0.442. The number of rotatable bonds is 4. The van der Waals surface area contributed by atoms with Gasteiger partial charge in [-0.25, -0.2) is 0 Å². The summed E-state index contributed by atoms with van der Waals surface area (Å²) in [6, 6.07) is 2.08. The SMILES string of the molecule is CCCSCc1sccc1C#CCN. The largest absolute Gasteiger partial charge is 0.320 e. The standard InChI is InChI=1S/C11H15NS2/c1-2-7-13-9-11-10(4-3-6-12)5-8-14-11/h5,8H,2,6-7,9,12H2,1H3. The summed E-state index contributed by atoms with van der Waals surface area (Å²) in [5, 5.41) is 2.10. The van der Waals surface area contributed by atoms with Gasteiger partial charge in [-0.15, -0.1) is 11.3 Å². The Kier molecular flexibility index (Phi) is 5.77. The molecule has 1 rings (SSSR count). The maximum Gasteiger partial charge on any atom is 0.0555 e. The molecule has 0 bridgehead atoms. The van der Waals surface area contributed by atoms with Crippen molar-refractivity contribution in [2.45, 2.75) is 19.1 Å². The lowest BCUT2D eigenvalue weighted by Crippen LogP contribution is -1.93. The minimum Gasteiger partial charge on any atom is -0.320 e. The van der Waals surface area contributed by atoms with E-state index in [0.29, 0.717) is 6.54 Å². The zero-order valence-electron chi connectivity index (χ0n) is 8.38. The van der Waals surface area contributed by atoms with Gasteiger partial charge in [-0.05, 0) is 23.6 Å². The van der Waals surface area contributed by atoms with Crippen LogP contribution in [0.1, 0.15) is 23.8 Å². The van der Waals surface area contributed by atoms with E-state index in [4.69, 9.17) is 5.73 Å². The third-order valence-corrected chi connectivity index (χ3v) is 3.95. The van der Waals surface area contributed by atoms with Gasteiger partial charge in [0.1, 0.15) is 0 Å². The van der Waals surface area contributed by atoms with Crippen molar-refractivity contribution in [2.24, 2.45) is 5.73 Å². The van der Waals surface area contributed by atoms with Crippen LogP contribution in [0.5, 0.6) is 0 Å². The van der Waals surface area contributed by atoms with Crippen molar-refractivity contribution in [1.82, 2.24) is 0 Å². The van der Waals surface area contributed by atoms with Crippen LogP contribution < -0.4 is 5.73 Å². The van der Waals surface area contributed by atoms with Gasteiger partial charge in [0, 0.05) is 16.2 Å². The summed E-state index contributed by atoms with van der Waals surface area (Å²) < 4.78 is 0. The smallest absolute Gasteiger partial charge is 0.0555 e. The highest BCUT2D eigenvalue weighted by Crippen LogP contribution is 2.22. The molecule has 0 saturated heterocycles. The maximum absolute atomic E-state index is 5.34. The van der Waals surface area contributed by atoms with Crippen LogP contribution in [-0.2, 0) is 5.75 Å². The first-order valence-corrected chi connectivity index (χ1v) is 6.75. The monoisotopic (exact) mass is 225 g/mol. The first-order valence-electron chi connectivity index (χ1n) is 4.71. The Labute approximate surface area is 94.1 Å². The van der Waals surface area contributed by atoms with E-state index >= 15 is 0 Å².